The van der Waals surface area contributed by atoms with Crippen LogP contribution in [0.1, 0.15) is 15.4 Å². The van der Waals surface area contributed by atoms with Crippen LogP contribution in [-0.2, 0) is 0 Å². The maximum absolute atomic E-state index is 13.3. The van der Waals surface area contributed by atoms with E-state index in [0.717, 1.165) is 0 Å². The van der Waals surface area contributed by atoms with Gasteiger partial charge in [0.15, 0.2) is 5.13 Å². The number of nitrogens with zero attached hydrogens (tertiary/aromatic N) is 1. The predicted molar refractivity (Wildman–Crippen MR) is 104 cm³/mol. The van der Waals surface area contributed by atoms with E-state index in [1.54, 1.807) is 44.4 Å². The summed E-state index contributed by atoms with van der Waals surface area (Å²) < 4.78 is 23.8. The minimum Gasteiger partial charge on any atom is -0.497 e. The normalized spacial score (nSPS) is 10.4. The molecular weight excluding hydrogens is 369 g/mol. The van der Waals surface area contributed by atoms with Gasteiger partial charge in [0.1, 0.15) is 22.2 Å². The zero-order valence-corrected chi connectivity index (χ0v) is 15.8. The lowest BCUT2D eigenvalue weighted by atomic mass is 10.2. The van der Waals surface area contributed by atoms with E-state index in [0.29, 0.717) is 38.6 Å². The molecule has 140 valence electrons. The van der Waals surface area contributed by atoms with Crippen LogP contribution in [0, 0.1) is 12.7 Å². The number of hydrogen-bond donors (Lipinski definition) is 2. The number of aromatic nitrogens is 1. The van der Waals surface area contributed by atoms with Crippen molar-refractivity contribution in [1.29, 1.82) is 0 Å². The third kappa shape index (κ3) is 4.35. The van der Waals surface area contributed by atoms with Crippen LogP contribution in [0.15, 0.2) is 42.5 Å². The van der Waals surface area contributed by atoms with Crippen molar-refractivity contribution < 1.29 is 18.7 Å². The van der Waals surface area contributed by atoms with Gasteiger partial charge >= 0.3 is 0 Å². The highest BCUT2D eigenvalue weighted by Gasteiger charge is 2.17. The van der Waals surface area contributed by atoms with Crippen LogP contribution in [0.4, 0.5) is 20.9 Å². The molecule has 0 aliphatic carbocycles. The highest BCUT2D eigenvalue weighted by atomic mass is 32.1. The van der Waals surface area contributed by atoms with Crippen molar-refractivity contribution in [2.45, 2.75) is 6.92 Å². The van der Waals surface area contributed by atoms with E-state index >= 15 is 0 Å². The van der Waals surface area contributed by atoms with Gasteiger partial charge in [-0.15, -0.1) is 0 Å². The molecule has 8 heteroatoms. The van der Waals surface area contributed by atoms with Crippen LogP contribution in [-0.4, -0.2) is 25.1 Å². The summed E-state index contributed by atoms with van der Waals surface area (Å²) in [6.07, 6.45) is 0. The second-order valence-corrected chi connectivity index (χ2v) is 6.59. The lowest BCUT2D eigenvalue weighted by Gasteiger charge is -2.11. The molecular formula is C19H18FN3O3S. The number of aryl methyl sites for hydroxylation is 1. The van der Waals surface area contributed by atoms with E-state index in [9.17, 15) is 9.18 Å². The Morgan fingerprint density at radius 3 is 2.67 bits per heavy atom. The summed E-state index contributed by atoms with van der Waals surface area (Å²) in [5.41, 5.74) is 1.66. The first kappa shape index (κ1) is 18.7. The Balaban J connectivity index is 1.78. The van der Waals surface area contributed by atoms with Crippen molar-refractivity contribution in [1.82, 2.24) is 4.98 Å². The SMILES string of the molecule is COc1ccc(NC(=O)c2sc(Nc3cccc(F)c3)nc2C)c(OC)c1. The first-order valence-corrected chi connectivity index (χ1v) is 8.85. The highest BCUT2D eigenvalue weighted by Crippen LogP contribution is 2.31. The van der Waals surface area contributed by atoms with E-state index in [1.165, 1.54) is 30.6 Å². The Bertz CT molecular complexity index is 975. The number of rotatable bonds is 6. The number of benzene rings is 2. The van der Waals surface area contributed by atoms with Gasteiger partial charge in [-0.2, -0.15) is 0 Å². The summed E-state index contributed by atoms with van der Waals surface area (Å²) in [7, 11) is 3.07. The second kappa shape index (κ2) is 8.05. The first-order valence-electron chi connectivity index (χ1n) is 8.03. The molecule has 2 aromatic carbocycles. The number of carbonyl (C=O) groups is 1. The summed E-state index contributed by atoms with van der Waals surface area (Å²) >= 11 is 1.19. The maximum atomic E-state index is 13.3. The summed E-state index contributed by atoms with van der Waals surface area (Å²) in [5, 5.41) is 6.33. The van der Waals surface area contributed by atoms with Gasteiger partial charge in [-0.3, -0.25) is 4.79 Å². The van der Waals surface area contributed by atoms with Crippen molar-refractivity contribution in [3.8, 4) is 11.5 Å². The summed E-state index contributed by atoms with van der Waals surface area (Å²) in [6.45, 7) is 1.74. The van der Waals surface area contributed by atoms with E-state index in [4.69, 9.17) is 9.47 Å². The molecule has 2 N–H and O–H groups in total. The van der Waals surface area contributed by atoms with Gasteiger partial charge in [0.05, 0.1) is 25.6 Å². The second-order valence-electron chi connectivity index (χ2n) is 5.59. The molecule has 3 rings (SSSR count). The number of nitrogens with one attached hydrogen (secondary N) is 2. The number of halogens is 1. The zero-order chi connectivity index (χ0) is 19.4. The summed E-state index contributed by atoms with van der Waals surface area (Å²) in [6, 6.07) is 11.2. The van der Waals surface area contributed by atoms with Gasteiger partial charge in [0.2, 0.25) is 0 Å². The van der Waals surface area contributed by atoms with Gasteiger partial charge in [-0.05, 0) is 37.3 Å². The van der Waals surface area contributed by atoms with Gasteiger partial charge in [0.25, 0.3) is 5.91 Å². The van der Waals surface area contributed by atoms with Crippen molar-refractivity contribution in [3.05, 3.63) is 58.9 Å². The number of amides is 1. The lowest BCUT2D eigenvalue weighted by molar-refractivity contribution is 0.102. The van der Waals surface area contributed by atoms with Crippen molar-refractivity contribution in [2.75, 3.05) is 24.9 Å². The third-order valence-corrected chi connectivity index (χ3v) is 4.81. The predicted octanol–water partition coefficient (Wildman–Crippen LogP) is 4.60. The number of thiazole rings is 1. The standard InChI is InChI=1S/C19H18FN3O3S/c1-11-17(27-19(21-11)22-13-6-4-5-12(20)9-13)18(24)23-15-8-7-14(25-2)10-16(15)26-3/h4-10H,1-3H3,(H,21,22)(H,23,24). The minimum absolute atomic E-state index is 0.305. The molecule has 3 aromatic rings. The maximum Gasteiger partial charge on any atom is 0.267 e. The molecule has 0 aliphatic rings. The number of anilines is 3. The molecule has 0 saturated heterocycles. The largest absolute Gasteiger partial charge is 0.497 e. The zero-order valence-electron chi connectivity index (χ0n) is 15.0. The average Bonchev–Trinajstić information content (AvgIpc) is 3.02. The quantitative estimate of drug-likeness (QED) is 0.647. The van der Waals surface area contributed by atoms with Crippen molar-refractivity contribution in [3.63, 3.8) is 0 Å². The molecule has 6 nitrogen and oxygen atoms in total. The summed E-state index contributed by atoms with van der Waals surface area (Å²) in [5.74, 6) is 0.460. The average molecular weight is 387 g/mol. The Labute approximate surface area is 160 Å². The molecule has 0 saturated carbocycles. The van der Waals surface area contributed by atoms with Crippen LogP contribution in [0.2, 0.25) is 0 Å². The molecule has 1 aromatic heterocycles. The van der Waals surface area contributed by atoms with E-state index in [-0.39, 0.29) is 11.7 Å². The smallest absolute Gasteiger partial charge is 0.267 e. The monoisotopic (exact) mass is 387 g/mol. The molecule has 1 heterocycles. The topological polar surface area (TPSA) is 72.5 Å². The van der Waals surface area contributed by atoms with Gasteiger partial charge in [-0.25, -0.2) is 9.37 Å². The molecule has 27 heavy (non-hydrogen) atoms. The van der Waals surface area contributed by atoms with Crippen LogP contribution in [0.25, 0.3) is 0 Å². The third-order valence-electron chi connectivity index (χ3n) is 3.74. The fourth-order valence-electron chi connectivity index (χ4n) is 2.43. The molecule has 1 amide bonds. The number of carbonyl (C=O) groups excluding carboxylic acids is 1. The van der Waals surface area contributed by atoms with Crippen LogP contribution >= 0.6 is 11.3 Å². The number of hydrogen-bond acceptors (Lipinski definition) is 6. The Morgan fingerprint density at radius 1 is 1.15 bits per heavy atom. The Morgan fingerprint density at radius 2 is 1.96 bits per heavy atom. The van der Waals surface area contributed by atoms with E-state index in [1.807, 2.05) is 0 Å². The Kier molecular flexibility index (Phi) is 5.56. The number of ether oxygens (including phenoxy) is 2. The molecule has 0 spiro atoms. The number of methoxy groups -OCH3 is 2. The van der Waals surface area contributed by atoms with Gasteiger partial charge < -0.3 is 20.1 Å². The van der Waals surface area contributed by atoms with Crippen LogP contribution in [0.5, 0.6) is 11.5 Å². The van der Waals surface area contributed by atoms with Crippen LogP contribution < -0.4 is 20.1 Å². The lowest BCUT2D eigenvalue weighted by Crippen LogP contribution is -2.12. The first-order chi connectivity index (χ1) is 13.0. The van der Waals surface area contributed by atoms with Crippen LogP contribution in [0.3, 0.4) is 0 Å². The molecule has 0 fully saturated rings. The van der Waals surface area contributed by atoms with Gasteiger partial charge in [-0.1, -0.05) is 17.4 Å². The van der Waals surface area contributed by atoms with E-state index in [2.05, 4.69) is 15.6 Å². The minimum atomic E-state index is -0.349. The fourth-order valence-corrected chi connectivity index (χ4v) is 3.31. The van der Waals surface area contributed by atoms with Gasteiger partial charge in [0, 0.05) is 11.8 Å². The molecule has 0 atom stereocenters. The van der Waals surface area contributed by atoms with Crippen molar-refractivity contribution in [2.24, 2.45) is 0 Å². The molecule has 0 unspecified atom stereocenters. The van der Waals surface area contributed by atoms with Crippen molar-refractivity contribution >= 4 is 33.8 Å². The molecule has 0 radical (unpaired) electrons. The fraction of sp³-hybridized carbons (Fsp3) is 0.158. The Hall–Kier alpha value is -3.13. The molecule has 0 aliphatic heterocycles. The highest BCUT2D eigenvalue weighted by molar-refractivity contribution is 7.17. The van der Waals surface area contributed by atoms with E-state index < -0.39 is 0 Å². The molecule has 0 bridgehead atoms. The summed E-state index contributed by atoms with van der Waals surface area (Å²) in [4.78, 5) is 17.5.